The minimum absolute atomic E-state index is 0.269. The van der Waals surface area contributed by atoms with Gasteiger partial charge in [0.25, 0.3) is 0 Å². The Bertz CT molecular complexity index is 714. The minimum Gasteiger partial charge on any atom is -0.394 e. The Morgan fingerprint density at radius 3 is 2.39 bits per heavy atom. The third-order valence-electron chi connectivity index (χ3n) is 5.85. The van der Waals surface area contributed by atoms with E-state index in [2.05, 4.69) is 0 Å². The van der Waals surface area contributed by atoms with Gasteiger partial charge in [0, 0.05) is 7.11 Å². The second kappa shape index (κ2) is 9.38. The monoisotopic (exact) mass is 440 g/mol. The molecular formula is C22H32O9. The highest BCUT2D eigenvalue weighted by atomic mass is 16.8. The van der Waals surface area contributed by atoms with E-state index in [0.717, 1.165) is 5.56 Å². The van der Waals surface area contributed by atoms with Crippen molar-refractivity contribution >= 4 is 0 Å². The van der Waals surface area contributed by atoms with E-state index in [1.807, 2.05) is 51.1 Å². The zero-order valence-corrected chi connectivity index (χ0v) is 18.2. The fourth-order valence-corrected chi connectivity index (χ4v) is 4.36. The molecule has 1 unspecified atom stereocenters. The number of hydrogen-bond donors (Lipinski definition) is 2. The lowest BCUT2D eigenvalue weighted by Crippen LogP contribution is -2.58. The van der Waals surface area contributed by atoms with Gasteiger partial charge in [-0.25, -0.2) is 0 Å². The van der Waals surface area contributed by atoms with Crippen molar-refractivity contribution in [2.75, 3.05) is 13.7 Å². The first-order chi connectivity index (χ1) is 14.8. The van der Waals surface area contributed by atoms with E-state index in [9.17, 15) is 10.2 Å². The molecular weight excluding hydrogens is 408 g/mol. The molecule has 174 valence electrons. The molecule has 0 bridgehead atoms. The number of methoxy groups -OCH3 is 1. The Hall–Kier alpha value is -1.14. The smallest absolute Gasteiger partial charge is 0.187 e. The molecule has 0 spiro atoms. The number of hydrogen-bond acceptors (Lipinski definition) is 9. The summed E-state index contributed by atoms with van der Waals surface area (Å²) >= 11 is 0. The molecule has 31 heavy (non-hydrogen) atoms. The van der Waals surface area contributed by atoms with Crippen molar-refractivity contribution in [3.63, 3.8) is 0 Å². The summed E-state index contributed by atoms with van der Waals surface area (Å²) in [5.74, 6) is -0.825. The van der Waals surface area contributed by atoms with E-state index >= 15 is 0 Å². The third kappa shape index (κ3) is 4.80. The van der Waals surface area contributed by atoms with E-state index in [4.69, 9.17) is 33.2 Å². The van der Waals surface area contributed by atoms with Gasteiger partial charge in [0.15, 0.2) is 18.4 Å². The van der Waals surface area contributed by atoms with Crippen LogP contribution in [0.3, 0.4) is 0 Å². The maximum Gasteiger partial charge on any atom is 0.187 e. The van der Waals surface area contributed by atoms with Crippen molar-refractivity contribution in [2.45, 2.75) is 88.5 Å². The lowest BCUT2D eigenvalue weighted by Gasteiger charge is -2.41. The van der Waals surface area contributed by atoms with Crippen LogP contribution in [-0.2, 0) is 39.8 Å². The Morgan fingerprint density at radius 2 is 1.71 bits per heavy atom. The van der Waals surface area contributed by atoms with Crippen LogP contribution in [0.5, 0.6) is 0 Å². The molecule has 3 saturated heterocycles. The molecule has 9 nitrogen and oxygen atoms in total. The molecule has 0 aromatic heterocycles. The maximum absolute atomic E-state index is 10.6. The first-order valence-electron chi connectivity index (χ1n) is 10.6. The van der Waals surface area contributed by atoms with Gasteiger partial charge in [0.05, 0.1) is 19.3 Å². The number of fused-ring (bicyclic) bond motifs is 1. The Morgan fingerprint density at radius 1 is 1.00 bits per heavy atom. The quantitative estimate of drug-likeness (QED) is 0.641. The summed E-state index contributed by atoms with van der Waals surface area (Å²) in [5, 5.41) is 20.3. The van der Waals surface area contributed by atoms with Crippen molar-refractivity contribution in [3.05, 3.63) is 35.9 Å². The van der Waals surface area contributed by atoms with Crippen molar-refractivity contribution in [1.29, 1.82) is 0 Å². The molecule has 4 rings (SSSR count). The molecule has 9 atom stereocenters. The topological polar surface area (TPSA) is 105 Å². The van der Waals surface area contributed by atoms with E-state index < -0.39 is 61.1 Å². The number of aliphatic hydroxyl groups excluding tert-OH is 2. The number of benzene rings is 1. The molecule has 3 fully saturated rings. The molecule has 0 saturated carbocycles. The molecule has 9 heteroatoms. The van der Waals surface area contributed by atoms with Crippen LogP contribution in [0.1, 0.15) is 26.3 Å². The van der Waals surface area contributed by atoms with E-state index in [0.29, 0.717) is 0 Å². The second-order valence-corrected chi connectivity index (χ2v) is 8.59. The minimum atomic E-state index is -1.04. The average Bonchev–Trinajstić information content (AvgIpc) is 3.24. The van der Waals surface area contributed by atoms with Crippen LogP contribution in [0.25, 0.3) is 0 Å². The summed E-state index contributed by atoms with van der Waals surface area (Å²) in [6.07, 6.45) is -6.06. The molecule has 3 heterocycles. The summed E-state index contributed by atoms with van der Waals surface area (Å²) in [4.78, 5) is 0. The molecule has 0 amide bonds. The van der Waals surface area contributed by atoms with Gasteiger partial charge in [-0.2, -0.15) is 0 Å². The predicted octanol–water partition coefficient (Wildman–Crippen LogP) is 0.946. The van der Waals surface area contributed by atoms with Gasteiger partial charge < -0.3 is 43.4 Å². The van der Waals surface area contributed by atoms with Crippen LogP contribution >= 0.6 is 0 Å². The molecule has 2 N–H and O–H groups in total. The van der Waals surface area contributed by atoms with Gasteiger partial charge in [-0.3, -0.25) is 0 Å². The first-order valence-corrected chi connectivity index (χ1v) is 10.6. The van der Waals surface area contributed by atoms with E-state index in [-0.39, 0.29) is 13.2 Å². The number of aliphatic hydroxyl groups is 2. The van der Waals surface area contributed by atoms with Gasteiger partial charge >= 0.3 is 0 Å². The average molecular weight is 440 g/mol. The Balaban J connectivity index is 1.49. The maximum atomic E-state index is 10.6. The fourth-order valence-electron chi connectivity index (χ4n) is 4.36. The fraction of sp³-hybridized carbons (Fsp3) is 0.727. The molecule has 1 aromatic carbocycles. The largest absolute Gasteiger partial charge is 0.394 e. The lowest BCUT2D eigenvalue weighted by atomic mass is 9.99. The van der Waals surface area contributed by atoms with Crippen LogP contribution in [0.15, 0.2) is 30.3 Å². The third-order valence-corrected chi connectivity index (χ3v) is 5.85. The summed E-state index contributed by atoms with van der Waals surface area (Å²) in [6, 6.07) is 9.61. The zero-order chi connectivity index (χ0) is 22.2. The zero-order valence-electron chi connectivity index (χ0n) is 18.2. The van der Waals surface area contributed by atoms with Crippen LogP contribution in [0.2, 0.25) is 0 Å². The van der Waals surface area contributed by atoms with Crippen LogP contribution < -0.4 is 0 Å². The standard InChI is InChI=1S/C22H32O9/c1-12-16(18-19(20(25-4)27-12)31-22(2,3)30-18)29-21-17(15(24)14(10-23)28-21)26-11-13-8-6-5-7-9-13/h5-9,12,14-21,23-24H,10-11H2,1-4H3/t12-,14+,15+,16-,17-,18+,19+,20+,21?/m0/s1. The SMILES string of the molecule is CO[C@@H]1O[C@@H](C)[C@H](OC2O[C@H](CO)[C@@H](O)[C@@H]2OCc2ccccc2)[C@H]2OC(C)(C)O[C@@H]12. The normalized spacial score (nSPS) is 41.9. The van der Waals surface area contributed by atoms with Crippen LogP contribution in [-0.4, -0.2) is 85.0 Å². The molecule has 1 aromatic rings. The van der Waals surface area contributed by atoms with Crippen LogP contribution in [0, 0.1) is 0 Å². The molecule has 0 aliphatic carbocycles. The lowest BCUT2D eigenvalue weighted by molar-refractivity contribution is -0.301. The highest BCUT2D eigenvalue weighted by Gasteiger charge is 2.57. The van der Waals surface area contributed by atoms with Crippen molar-refractivity contribution in [3.8, 4) is 0 Å². The first kappa shape index (κ1) is 23.0. The van der Waals surface area contributed by atoms with Gasteiger partial charge in [-0.15, -0.1) is 0 Å². The summed E-state index contributed by atoms with van der Waals surface area (Å²) < 4.78 is 41.5. The predicted molar refractivity (Wildman–Crippen MR) is 107 cm³/mol. The van der Waals surface area contributed by atoms with E-state index in [1.54, 1.807) is 7.11 Å². The van der Waals surface area contributed by atoms with Crippen molar-refractivity contribution < 1.29 is 43.4 Å². The number of ether oxygens (including phenoxy) is 7. The Kier molecular flexibility index (Phi) is 6.97. The highest BCUT2D eigenvalue weighted by molar-refractivity contribution is 5.13. The van der Waals surface area contributed by atoms with Gasteiger partial charge in [-0.1, -0.05) is 30.3 Å². The van der Waals surface area contributed by atoms with Crippen LogP contribution in [0.4, 0.5) is 0 Å². The summed E-state index contributed by atoms with van der Waals surface area (Å²) in [5.41, 5.74) is 0.951. The van der Waals surface area contributed by atoms with Gasteiger partial charge in [0.2, 0.25) is 0 Å². The second-order valence-electron chi connectivity index (χ2n) is 8.59. The number of rotatable bonds is 7. The molecule has 0 radical (unpaired) electrons. The molecule has 3 aliphatic heterocycles. The van der Waals surface area contributed by atoms with E-state index in [1.165, 1.54) is 0 Å². The highest BCUT2D eigenvalue weighted by Crippen LogP contribution is 2.40. The van der Waals surface area contributed by atoms with Crippen molar-refractivity contribution in [2.24, 2.45) is 0 Å². The van der Waals surface area contributed by atoms with Gasteiger partial charge in [-0.05, 0) is 26.3 Å². The summed E-state index contributed by atoms with van der Waals surface area (Å²) in [6.45, 7) is 5.42. The van der Waals surface area contributed by atoms with Gasteiger partial charge in [0.1, 0.15) is 36.6 Å². The summed E-state index contributed by atoms with van der Waals surface area (Å²) in [7, 11) is 1.56. The molecule has 3 aliphatic rings. The Labute approximate surface area is 182 Å². The van der Waals surface area contributed by atoms with Crippen molar-refractivity contribution in [1.82, 2.24) is 0 Å².